The minimum absolute atomic E-state index is 0.177. The van der Waals surface area contributed by atoms with Crippen LogP contribution in [0.1, 0.15) is 30.9 Å². The van der Waals surface area contributed by atoms with Gasteiger partial charge in [0.25, 0.3) is 10.0 Å². The molecule has 1 aromatic heterocycles. The number of rotatable bonds is 7. The van der Waals surface area contributed by atoms with E-state index in [9.17, 15) is 27.5 Å². The number of halogens is 1. The molecular formula is C23H27FN4O6S. The minimum Gasteiger partial charge on any atom is -0.481 e. The molecule has 0 aliphatic carbocycles. The number of urea groups is 1. The van der Waals surface area contributed by atoms with Crippen LogP contribution in [0.15, 0.2) is 41.6 Å². The summed E-state index contributed by atoms with van der Waals surface area (Å²) in [6, 6.07) is 5.18. The van der Waals surface area contributed by atoms with Crippen LogP contribution in [0, 0.1) is 5.82 Å². The fourth-order valence-electron chi connectivity index (χ4n) is 3.79. The van der Waals surface area contributed by atoms with E-state index >= 15 is 0 Å². The molecule has 3 rings (SSSR count). The summed E-state index contributed by atoms with van der Waals surface area (Å²) < 4.78 is 47.4. The fourth-order valence-corrected chi connectivity index (χ4v) is 5.01. The third-order valence-corrected chi connectivity index (χ3v) is 7.00. The average Bonchev–Trinajstić information content (AvgIpc) is 2.80. The molecule has 1 aliphatic heterocycles. The number of aliphatic hydroxyl groups excluding tert-OH is 1. The zero-order valence-electron chi connectivity index (χ0n) is 19.9. The van der Waals surface area contributed by atoms with Crippen LogP contribution in [0.2, 0.25) is 0 Å². The summed E-state index contributed by atoms with van der Waals surface area (Å²) in [6.45, 7) is 3.66. The van der Waals surface area contributed by atoms with Gasteiger partial charge in [0.2, 0.25) is 11.8 Å². The van der Waals surface area contributed by atoms with Gasteiger partial charge in [0.15, 0.2) is 6.23 Å². The number of amides is 3. The molecular weight excluding hydrogens is 479 g/mol. The van der Waals surface area contributed by atoms with Crippen molar-refractivity contribution in [3.05, 3.63) is 58.5 Å². The zero-order valence-corrected chi connectivity index (χ0v) is 20.8. The first-order chi connectivity index (χ1) is 16.4. The SMILES string of the molecule is COc1cc(-c2cc(F)cc(C(C)C)c2CC(=O)NS(=O)(=O)C2=CN(C)C(=O)N(C)C2O)ccn1. The van der Waals surface area contributed by atoms with Crippen LogP contribution < -0.4 is 9.46 Å². The number of carbonyl (C=O) groups is 2. The molecule has 2 aromatic rings. The molecule has 0 radical (unpaired) electrons. The van der Waals surface area contributed by atoms with Crippen LogP contribution in [0.25, 0.3) is 11.1 Å². The van der Waals surface area contributed by atoms with E-state index in [4.69, 9.17) is 4.74 Å². The highest BCUT2D eigenvalue weighted by Crippen LogP contribution is 2.33. The molecule has 1 aromatic carbocycles. The standard InChI is InChI=1S/C23H27FN4O6S/c1-13(2)16-9-15(24)10-17(14-6-7-25-21(8-14)34-5)18(16)11-20(29)26-35(32,33)19-12-27(3)23(31)28(4)22(19)30/h6-10,12-13,22,30H,11H2,1-5H3,(H,26,29). The Morgan fingerprint density at radius 1 is 1.29 bits per heavy atom. The average molecular weight is 507 g/mol. The van der Waals surface area contributed by atoms with Gasteiger partial charge in [-0.1, -0.05) is 13.8 Å². The van der Waals surface area contributed by atoms with E-state index in [2.05, 4.69) is 4.98 Å². The lowest BCUT2D eigenvalue weighted by molar-refractivity contribution is -0.118. The maximum Gasteiger partial charge on any atom is 0.325 e. The van der Waals surface area contributed by atoms with Crippen molar-refractivity contribution in [2.24, 2.45) is 0 Å². The van der Waals surface area contributed by atoms with Crippen molar-refractivity contribution in [3.8, 4) is 17.0 Å². The summed E-state index contributed by atoms with van der Waals surface area (Å²) in [6.07, 6.45) is 0.282. The fraction of sp³-hybridized carbons (Fsp3) is 0.348. The van der Waals surface area contributed by atoms with E-state index < -0.39 is 38.9 Å². The lowest BCUT2D eigenvalue weighted by atomic mass is 9.88. The number of aliphatic hydroxyl groups is 1. The predicted octanol–water partition coefficient (Wildman–Crippen LogP) is 2.17. The van der Waals surface area contributed by atoms with Crippen LogP contribution >= 0.6 is 0 Å². The van der Waals surface area contributed by atoms with E-state index in [1.54, 1.807) is 12.1 Å². The van der Waals surface area contributed by atoms with E-state index in [1.807, 2.05) is 18.6 Å². The van der Waals surface area contributed by atoms with Gasteiger partial charge in [-0.15, -0.1) is 0 Å². The van der Waals surface area contributed by atoms with Gasteiger partial charge < -0.3 is 14.7 Å². The van der Waals surface area contributed by atoms with Crippen LogP contribution in [0.5, 0.6) is 5.88 Å². The first-order valence-corrected chi connectivity index (χ1v) is 12.1. The Morgan fingerprint density at radius 2 is 1.97 bits per heavy atom. The van der Waals surface area contributed by atoms with Gasteiger partial charge in [-0.2, -0.15) is 0 Å². The molecule has 0 bridgehead atoms. The van der Waals surface area contributed by atoms with E-state index in [0.29, 0.717) is 22.3 Å². The third kappa shape index (κ3) is 5.43. The minimum atomic E-state index is -4.50. The molecule has 2 heterocycles. The Kier molecular flexibility index (Phi) is 7.46. The number of hydrogen-bond donors (Lipinski definition) is 2. The lowest BCUT2D eigenvalue weighted by Gasteiger charge is -2.33. The molecule has 188 valence electrons. The molecule has 35 heavy (non-hydrogen) atoms. The quantitative estimate of drug-likeness (QED) is 0.589. The number of hydrogen-bond acceptors (Lipinski definition) is 7. The van der Waals surface area contributed by atoms with E-state index in [1.165, 1.54) is 39.5 Å². The highest BCUT2D eigenvalue weighted by Gasteiger charge is 2.37. The molecule has 0 spiro atoms. The summed E-state index contributed by atoms with van der Waals surface area (Å²) in [4.78, 5) is 30.2. The molecule has 0 saturated heterocycles. The topological polar surface area (TPSA) is 129 Å². The Balaban J connectivity index is 2.00. The second-order valence-corrected chi connectivity index (χ2v) is 10.1. The number of pyridine rings is 1. The van der Waals surface area contributed by atoms with E-state index in [0.717, 1.165) is 16.0 Å². The van der Waals surface area contributed by atoms with Crippen LogP contribution in [0.4, 0.5) is 9.18 Å². The number of carbonyl (C=O) groups excluding carboxylic acids is 2. The second kappa shape index (κ2) is 10.0. The number of benzene rings is 1. The molecule has 0 saturated carbocycles. The van der Waals surface area contributed by atoms with Crippen molar-refractivity contribution < 1.29 is 32.2 Å². The molecule has 1 atom stereocenters. The van der Waals surface area contributed by atoms with Crippen molar-refractivity contribution in [2.45, 2.75) is 32.4 Å². The van der Waals surface area contributed by atoms with Crippen LogP contribution in [0.3, 0.4) is 0 Å². The third-order valence-electron chi connectivity index (χ3n) is 5.57. The molecule has 1 aliphatic rings. The van der Waals surface area contributed by atoms with Gasteiger partial charge in [0, 0.05) is 32.6 Å². The van der Waals surface area contributed by atoms with Crippen LogP contribution in [-0.2, 0) is 21.2 Å². The number of methoxy groups -OCH3 is 1. The van der Waals surface area contributed by atoms with Crippen molar-refractivity contribution in [3.63, 3.8) is 0 Å². The van der Waals surface area contributed by atoms with Crippen molar-refractivity contribution >= 4 is 22.0 Å². The summed E-state index contributed by atoms with van der Waals surface area (Å²) in [5.74, 6) is -1.29. The monoisotopic (exact) mass is 506 g/mol. The highest BCUT2D eigenvalue weighted by atomic mass is 32.2. The molecule has 12 heteroatoms. The maximum atomic E-state index is 14.5. The Bertz CT molecular complexity index is 1290. The first-order valence-electron chi connectivity index (χ1n) is 10.6. The second-order valence-electron chi connectivity index (χ2n) is 8.38. The summed E-state index contributed by atoms with van der Waals surface area (Å²) in [5.41, 5.74) is 1.90. The molecule has 0 fully saturated rings. The number of likely N-dealkylation sites (N-methyl/N-ethyl adjacent to an activating group) is 1. The van der Waals surface area contributed by atoms with Crippen LogP contribution in [-0.4, -0.2) is 67.7 Å². The number of aromatic nitrogens is 1. The lowest BCUT2D eigenvalue weighted by Crippen LogP contribution is -2.51. The number of nitrogens with zero attached hydrogens (tertiary/aromatic N) is 3. The van der Waals surface area contributed by atoms with E-state index in [-0.39, 0.29) is 18.2 Å². The maximum absolute atomic E-state index is 14.5. The van der Waals surface area contributed by atoms with Gasteiger partial charge >= 0.3 is 6.03 Å². The smallest absolute Gasteiger partial charge is 0.325 e. The van der Waals surface area contributed by atoms with Crippen molar-refractivity contribution in [1.29, 1.82) is 0 Å². The number of sulfonamides is 1. The Labute approximate surface area is 203 Å². The molecule has 2 N–H and O–H groups in total. The van der Waals surface area contributed by atoms with Gasteiger partial charge in [-0.05, 0) is 46.4 Å². The molecule has 3 amide bonds. The van der Waals surface area contributed by atoms with Gasteiger partial charge in [-0.25, -0.2) is 27.3 Å². The largest absolute Gasteiger partial charge is 0.481 e. The summed E-state index contributed by atoms with van der Waals surface area (Å²) in [5, 5.41) is 10.3. The number of ether oxygens (including phenoxy) is 1. The summed E-state index contributed by atoms with van der Waals surface area (Å²) in [7, 11) is -0.504. The summed E-state index contributed by atoms with van der Waals surface area (Å²) >= 11 is 0. The van der Waals surface area contributed by atoms with Gasteiger partial charge in [-0.3, -0.25) is 9.69 Å². The number of nitrogens with one attached hydrogen (secondary N) is 1. The highest BCUT2D eigenvalue weighted by molar-refractivity contribution is 7.94. The Morgan fingerprint density at radius 3 is 2.60 bits per heavy atom. The first kappa shape index (κ1) is 26.1. The molecule has 1 unspecified atom stereocenters. The van der Waals surface area contributed by atoms with Gasteiger partial charge in [0.1, 0.15) is 10.7 Å². The molecule has 10 nitrogen and oxygen atoms in total. The van der Waals surface area contributed by atoms with Gasteiger partial charge in [0.05, 0.1) is 13.5 Å². The van der Waals surface area contributed by atoms with Crippen molar-refractivity contribution in [1.82, 2.24) is 19.5 Å². The normalized spacial score (nSPS) is 16.4. The Hall–Kier alpha value is -3.51. The predicted molar refractivity (Wildman–Crippen MR) is 126 cm³/mol. The van der Waals surface area contributed by atoms with Crippen molar-refractivity contribution in [2.75, 3.05) is 21.2 Å². The zero-order chi connectivity index (χ0) is 26.1.